The Morgan fingerprint density at radius 2 is 1.93 bits per heavy atom. The summed E-state index contributed by atoms with van der Waals surface area (Å²) in [6.07, 6.45) is 4.59. The predicted molar refractivity (Wildman–Crippen MR) is 57.5 cm³/mol. The molecule has 2 heterocycles. The lowest BCUT2D eigenvalue weighted by Crippen LogP contribution is -2.02. The molecule has 15 heavy (non-hydrogen) atoms. The van der Waals surface area contributed by atoms with Gasteiger partial charge in [0.15, 0.2) is 11.5 Å². The molecule has 0 N–H and O–H groups in total. The highest BCUT2D eigenvalue weighted by Crippen LogP contribution is 2.30. The summed E-state index contributed by atoms with van der Waals surface area (Å²) in [6.45, 7) is 0. The third-order valence-electron chi connectivity index (χ3n) is 2.46. The van der Waals surface area contributed by atoms with Gasteiger partial charge in [-0.3, -0.25) is 0 Å². The van der Waals surface area contributed by atoms with Crippen molar-refractivity contribution in [3.8, 4) is 5.75 Å². The van der Waals surface area contributed by atoms with Crippen LogP contribution in [-0.2, 0) is 6.42 Å². The Morgan fingerprint density at radius 3 is 2.80 bits per heavy atom. The van der Waals surface area contributed by atoms with Crippen molar-refractivity contribution in [3.05, 3.63) is 60.1 Å². The van der Waals surface area contributed by atoms with E-state index in [0.717, 1.165) is 23.7 Å². The molecule has 0 saturated carbocycles. The predicted octanol–water partition coefficient (Wildman–Crippen LogP) is 3.26. The zero-order valence-electron chi connectivity index (χ0n) is 8.14. The second-order valence-electron chi connectivity index (χ2n) is 3.46. The van der Waals surface area contributed by atoms with Crippen molar-refractivity contribution in [3.63, 3.8) is 0 Å². The zero-order chi connectivity index (χ0) is 10.1. The Kier molecular flexibility index (Phi) is 1.85. The average molecular weight is 198 g/mol. The van der Waals surface area contributed by atoms with Crippen molar-refractivity contribution < 1.29 is 9.15 Å². The molecule has 2 heteroatoms. The van der Waals surface area contributed by atoms with Crippen molar-refractivity contribution in [2.75, 3.05) is 0 Å². The van der Waals surface area contributed by atoms with Crippen LogP contribution in [0.15, 0.2) is 53.2 Å². The maximum Gasteiger partial charge on any atom is 0.168 e. The van der Waals surface area contributed by atoms with Gasteiger partial charge in [-0.25, -0.2) is 0 Å². The Hall–Kier alpha value is -1.96. The minimum atomic E-state index is 0.782. The lowest BCUT2D eigenvalue weighted by atomic mass is 10.1. The number of allylic oxidation sites excluding steroid dienone is 1. The van der Waals surface area contributed by atoms with Crippen LogP contribution in [0.25, 0.3) is 5.76 Å². The van der Waals surface area contributed by atoms with E-state index >= 15 is 0 Å². The molecule has 2 nitrogen and oxygen atoms in total. The quantitative estimate of drug-likeness (QED) is 0.701. The first-order chi connectivity index (χ1) is 7.43. The Morgan fingerprint density at radius 1 is 1.00 bits per heavy atom. The van der Waals surface area contributed by atoms with E-state index in [1.54, 1.807) is 6.26 Å². The van der Waals surface area contributed by atoms with Crippen LogP contribution in [0, 0.1) is 0 Å². The van der Waals surface area contributed by atoms with Crippen molar-refractivity contribution >= 4 is 5.76 Å². The molecule has 74 valence electrons. The Balaban J connectivity index is 1.96. The third-order valence-corrected chi connectivity index (χ3v) is 2.46. The summed E-state index contributed by atoms with van der Waals surface area (Å²) in [7, 11) is 0. The first-order valence-electron chi connectivity index (χ1n) is 4.93. The largest absolute Gasteiger partial charge is 0.461 e. The second-order valence-corrected chi connectivity index (χ2v) is 3.46. The van der Waals surface area contributed by atoms with E-state index in [1.807, 2.05) is 36.4 Å². The number of benzene rings is 1. The highest BCUT2D eigenvalue weighted by atomic mass is 16.5. The Labute approximate surface area is 87.8 Å². The lowest BCUT2D eigenvalue weighted by Gasteiger charge is -2.16. The topological polar surface area (TPSA) is 22.4 Å². The molecular formula is C13H10O2. The van der Waals surface area contributed by atoms with Gasteiger partial charge in [0.2, 0.25) is 0 Å². The highest BCUT2D eigenvalue weighted by Gasteiger charge is 2.14. The van der Waals surface area contributed by atoms with E-state index in [2.05, 4.69) is 6.07 Å². The molecule has 2 aromatic rings. The molecule has 0 atom stereocenters. The molecule has 0 unspecified atom stereocenters. The van der Waals surface area contributed by atoms with E-state index in [1.165, 1.54) is 5.56 Å². The molecular weight excluding hydrogens is 188 g/mol. The maximum atomic E-state index is 5.74. The van der Waals surface area contributed by atoms with Gasteiger partial charge in [-0.2, -0.15) is 0 Å². The molecule has 1 aliphatic rings. The SMILES string of the molecule is C1=C(c2ccco2)Oc2ccccc2C1. The van der Waals surface area contributed by atoms with E-state index < -0.39 is 0 Å². The van der Waals surface area contributed by atoms with Crippen LogP contribution in [0.5, 0.6) is 5.75 Å². The number of furan rings is 1. The van der Waals surface area contributed by atoms with Gasteiger partial charge in [0.05, 0.1) is 6.26 Å². The second kappa shape index (κ2) is 3.31. The average Bonchev–Trinajstić information content (AvgIpc) is 2.82. The molecule has 0 radical (unpaired) electrons. The summed E-state index contributed by atoms with van der Waals surface area (Å²) in [6, 6.07) is 11.8. The van der Waals surface area contributed by atoms with Gasteiger partial charge in [-0.05, 0) is 36.3 Å². The summed E-state index contributed by atoms with van der Waals surface area (Å²) in [5.74, 6) is 2.51. The van der Waals surface area contributed by atoms with Gasteiger partial charge in [-0.1, -0.05) is 18.2 Å². The summed E-state index contributed by atoms with van der Waals surface area (Å²) in [4.78, 5) is 0. The molecule has 1 aliphatic heterocycles. The summed E-state index contributed by atoms with van der Waals surface area (Å²) in [5, 5.41) is 0. The molecule has 1 aromatic heterocycles. The fourth-order valence-electron chi connectivity index (χ4n) is 1.70. The summed E-state index contributed by atoms with van der Waals surface area (Å²) in [5.41, 5.74) is 1.22. The van der Waals surface area contributed by atoms with Gasteiger partial charge in [0.1, 0.15) is 5.75 Å². The van der Waals surface area contributed by atoms with E-state index in [0.29, 0.717) is 0 Å². The van der Waals surface area contributed by atoms with Crippen LogP contribution in [0.3, 0.4) is 0 Å². The molecule has 3 rings (SSSR count). The number of para-hydroxylation sites is 1. The van der Waals surface area contributed by atoms with Crippen LogP contribution in [-0.4, -0.2) is 0 Å². The van der Waals surface area contributed by atoms with Crippen LogP contribution in [0.1, 0.15) is 11.3 Å². The first kappa shape index (κ1) is 8.36. The van der Waals surface area contributed by atoms with E-state index in [4.69, 9.17) is 9.15 Å². The Bertz CT molecular complexity index is 495. The van der Waals surface area contributed by atoms with Crippen LogP contribution >= 0.6 is 0 Å². The van der Waals surface area contributed by atoms with Gasteiger partial charge >= 0.3 is 0 Å². The first-order valence-corrected chi connectivity index (χ1v) is 4.93. The standard InChI is InChI=1S/C13H10O2/c1-2-5-11-10(4-1)7-8-13(15-11)12-6-3-9-14-12/h1-6,8-9H,7H2. The van der Waals surface area contributed by atoms with Crippen LogP contribution in [0.4, 0.5) is 0 Å². The number of ether oxygens (including phenoxy) is 1. The monoisotopic (exact) mass is 198 g/mol. The number of hydrogen-bond donors (Lipinski definition) is 0. The van der Waals surface area contributed by atoms with Gasteiger partial charge in [-0.15, -0.1) is 0 Å². The van der Waals surface area contributed by atoms with Crippen molar-refractivity contribution in [2.24, 2.45) is 0 Å². The van der Waals surface area contributed by atoms with Crippen molar-refractivity contribution in [1.82, 2.24) is 0 Å². The molecule has 0 spiro atoms. The molecule has 0 fully saturated rings. The van der Waals surface area contributed by atoms with E-state index in [-0.39, 0.29) is 0 Å². The molecule has 0 aliphatic carbocycles. The van der Waals surface area contributed by atoms with Crippen molar-refractivity contribution in [2.45, 2.75) is 6.42 Å². The highest BCUT2D eigenvalue weighted by molar-refractivity contribution is 5.61. The normalized spacial score (nSPS) is 14.0. The van der Waals surface area contributed by atoms with Gasteiger partial charge in [0.25, 0.3) is 0 Å². The fourth-order valence-corrected chi connectivity index (χ4v) is 1.70. The van der Waals surface area contributed by atoms with Gasteiger partial charge in [0, 0.05) is 0 Å². The smallest absolute Gasteiger partial charge is 0.168 e. The van der Waals surface area contributed by atoms with Crippen LogP contribution in [0.2, 0.25) is 0 Å². The third kappa shape index (κ3) is 1.44. The maximum absolute atomic E-state index is 5.74. The zero-order valence-corrected chi connectivity index (χ0v) is 8.14. The molecule has 1 aromatic carbocycles. The molecule has 0 bridgehead atoms. The number of rotatable bonds is 1. The summed E-state index contributed by atoms with van der Waals surface area (Å²) < 4.78 is 11.0. The fraction of sp³-hybridized carbons (Fsp3) is 0.0769. The lowest BCUT2D eigenvalue weighted by molar-refractivity contribution is 0.454. The van der Waals surface area contributed by atoms with Crippen LogP contribution < -0.4 is 4.74 Å². The molecule has 0 amide bonds. The molecule has 0 saturated heterocycles. The minimum Gasteiger partial charge on any atom is -0.461 e. The van der Waals surface area contributed by atoms with Crippen molar-refractivity contribution in [1.29, 1.82) is 0 Å². The van der Waals surface area contributed by atoms with Gasteiger partial charge < -0.3 is 9.15 Å². The number of hydrogen-bond acceptors (Lipinski definition) is 2. The summed E-state index contributed by atoms with van der Waals surface area (Å²) >= 11 is 0. The minimum absolute atomic E-state index is 0.782. The van der Waals surface area contributed by atoms with E-state index in [9.17, 15) is 0 Å². The number of fused-ring (bicyclic) bond motifs is 1.